The van der Waals surface area contributed by atoms with Gasteiger partial charge < -0.3 is 15.5 Å². The van der Waals surface area contributed by atoms with Gasteiger partial charge >= 0.3 is 6.03 Å². The van der Waals surface area contributed by atoms with Crippen molar-refractivity contribution in [2.24, 2.45) is 0 Å². The molecule has 0 heterocycles. The first-order valence-corrected chi connectivity index (χ1v) is 8.78. The van der Waals surface area contributed by atoms with Gasteiger partial charge in [0.1, 0.15) is 6.54 Å². The zero-order valence-corrected chi connectivity index (χ0v) is 15.9. The number of aryl methyl sites for hydroxylation is 3. The van der Waals surface area contributed by atoms with Crippen molar-refractivity contribution in [3.8, 4) is 0 Å². The SMILES string of the molecule is Cc1ccccc1CCNC(=O)N(C)CC(=O)Nc1c(C)cccc1C. The lowest BCUT2D eigenvalue weighted by Gasteiger charge is -2.19. The van der Waals surface area contributed by atoms with E-state index in [9.17, 15) is 9.59 Å². The molecule has 0 aliphatic rings. The van der Waals surface area contributed by atoms with Crippen LogP contribution in [0.2, 0.25) is 0 Å². The largest absolute Gasteiger partial charge is 0.338 e. The van der Waals surface area contributed by atoms with Crippen LogP contribution in [-0.2, 0) is 11.2 Å². The highest BCUT2D eigenvalue weighted by Crippen LogP contribution is 2.19. The molecule has 2 aromatic rings. The molecule has 2 rings (SSSR count). The highest BCUT2D eigenvalue weighted by molar-refractivity contribution is 5.95. The first kappa shape index (κ1) is 19.5. The third-order valence-corrected chi connectivity index (χ3v) is 4.40. The first-order valence-electron chi connectivity index (χ1n) is 8.78. The molecule has 5 heteroatoms. The van der Waals surface area contributed by atoms with Crippen molar-refractivity contribution in [3.05, 3.63) is 64.7 Å². The third kappa shape index (κ3) is 5.34. The predicted molar refractivity (Wildman–Crippen MR) is 105 cm³/mol. The highest BCUT2D eigenvalue weighted by atomic mass is 16.2. The molecule has 3 amide bonds. The molecular weight excluding hydrogens is 326 g/mol. The quantitative estimate of drug-likeness (QED) is 0.836. The lowest BCUT2D eigenvalue weighted by molar-refractivity contribution is -0.116. The smallest absolute Gasteiger partial charge is 0.317 e. The van der Waals surface area contributed by atoms with E-state index in [4.69, 9.17) is 0 Å². The maximum Gasteiger partial charge on any atom is 0.317 e. The van der Waals surface area contributed by atoms with Crippen LogP contribution in [0.15, 0.2) is 42.5 Å². The molecule has 0 spiro atoms. The molecule has 0 fully saturated rings. The lowest BCUT2D eigenvalue weighted by atomic mass is 10.1. The molecule has 0 unspecified atom stereocenters. The van der Waals surface area contributed by atoms with E-state index >= 15 is 0 Å². The van der Waals surface area contributed by atoms with Crippen LogP contribution in [0.1, 0.15) is 22.3 Å². The number of rotatable bonds is 6. The summed E-state index contributed by atoms with van der Waals surface area (Å²) >= 11 is 0. The van der Waals surface area contributed by atoms with Crippen LogP contribution in [0.4, 0.5) is 10.5 Å². The minimum absolute atomic E-state index is 0.00394. The normalized spacial score (nSPS) is 10.3. The zero-order valence-electron chi connectivity index (χ0n) is 15.9. The molecule has 138 valence electrons. The van der Waals surface area contributed by atoms with Crippen LogP contribution in [-0.4, -0.2) is 37.0 Å². The summed E-state index contributed by atoms with van der Waals surface area (Å²) in [6.45, 7) is 6.49. The van der Waals surface area contributed by atoms with E-state index in [2.05, 4.69) is 29.7 Å². The number of carbonyl (C=O) groups excluding carboxylic acids is 2. The molecular formula is C21H27N3O2. The van der Waals surface area contributed by atoms with Gasteiger partial charge in [0.25, 0.3) is 0 Å². The van der Waals surface area contributed by atoms with Crippen LogP contribution >= 0.6 is 0 Å². The van der Waals surface area contributed by atoms with Crippen molar-refractivity contribution in [1.29, 1.82) is 0 Å². The standard InChI is InChI=1S/C21H27N3O2/c1-15-8-5-6-11-18(15)12-13-22-21(26)24(4)14-19(25)23-20-16(2)9-7-10-17(20)3/h5-11H,12-14H2,1-4H3,(H,22,26)(H,23,25). The fourth-order valence-corrected chi connectivity index (χ4v) is 2.81. The monoisotopic (exact) mass is 353 g/mol. The van der Waals surface area contributed by atoms with Gasteiger partial charge in [-0.05, 0) is 49.4 Å². The Morgan fingerprint density at radius 3 is 2.19 bits per heavy atom. The maximum absolute atomic E-state index is 12.2. The summed E-state index contributed by atoms with van der Waals surface area (Å²) in [6.07, 6.45) is 0.765. The number of likely N-dealkylation sites (N-methyl/N-ethyl adjacent to an activating group) is 1. The number of carbonyl (C=O) groups is 2. The van der Waals surface area contributed by atoms with Crippen molar-refractivity contribution < 1.29 is 9.59 Å². The number of benzene rings is 2. The molecule has 2 N–H and O–H groups in total. The summed E-state index contributed by atoms with van der Waals surface area (Å²) in [5, 5.41) is 5.75. The lowest BCUT2D eigenvalue weighted by Crippen LogP contribution is -2.42. The number of nitrogens with zero attached hydrogens (tertiary/aromatic N) is 1. The van der Waals surface area contributed by atoms with Crippen molar-refractivity contribution >= 4 is 17.6 Å². The Morgan fingerprint density at radius 1 is 0.923 bits per heavy atom. The average molecular weight is 353 g/mol. The number of amides is 3. The van der Waals surface area contributed by atoms with Crippen molar-refractivity contribution in [1.82, 2.24) is 10.2 Å². The molecule has 5 nitrogen and oxygen atoms in total. The Balaban J connectivity index is 1.81. The fourth-order valence-electron chi connectivity index (χ4n) is 2.81. The van der Waals surface area contributed by atoms with Crippen LogP contribution in [0, 0.1) is 20.8 Å². The highest BCUT2D eigenvalue weighted by Gasteiger charge is 2.14. The number of urea groups is 1. The van der Waals surface area contributed by atoms with Crippen LogP contribution in [0.25, 0.3) is 0 Å². The second-order valence-electron chi connectivity index (χ2n) is 6.58. The Hall–Kier alpha value is -2.82. The number of nitrogens with one attached hydrogen (secondary N) is 2. The number of hydrogen-bond acceptors (Lipinski definition) is 2. The zero-order chi connectivity index (χ0) is 19.1. The van der Waals surface area contributed by atoms with E-state index in [-0.39, 0.29) is 18.5 Å². The van der Waals surface area contributed by atoms with E-state index in [1.807, 2.05) is 44.2 Å². The number of para-hydroxylation sites is 1. The van der Waals surface area contributed by atoms with Gasteiger partial charge in [0, 0.05) is 19.3 Å². The second kappa shape index (κ2) is 9.04. The molecule has 0 atom stereocenters. The van der Waals surface area contributed by atoms with Crippen LogP contribution in [0.3, 0.4) is 0 Å². The van der Waals surface area contributed by atoms with Crippen molar-refractivity contribution in [2.75, 3.05) is 25.5 Å². The van der Waals surface area contributed by atoms with Crippen molar-refractivity contribution in [3.63, 3.8) is 0 Å². The van der Waals surface area contributed by atoms with Gasteiger partial charge in [-0.1, -0.05) is 42.5 Å². The molecule has 0 saturated carbocycles. The Labute approximate surface area is 155 Å². The van der Waals surface area contributed by atoms with Crippen molar-refractivity contribution in [2.45, 2.75) is 27.2 Å². The van der Waals surface area contributed by atoms with Crippen LogP contribution < -0.4 is 10.6 Å². The van der Waals surface area contributed by atoms with Gasteiger partial charge in [-0.2, -0.15) is 0 Å². The Morgan fingerprint density at radius 2 is 1.54 bits per heavy atom. The van der Waals surface area contributed by atoms with Crippen LogP contribution in [0.5, 0.6) is 0 Å². The number of anilines is 1. The molecule has 0 bridgehead atoms. The molecule has 0 radical (unpaired) electrons. The Bertz CT molecular complexity index is 766. The average Bonchev–Trinajstić information content (AvgIpc) is 2.59. The topological polar surface area (TPSA) is 61.4 Å². The summed E-state index contributed by atoms with van der Waals surface area (Å²) in [7, 11) is 1.62. The first-order chi connectivity index (χ1) is 12.4. The van der Waals surface area contributed by atoms with Gasteiger partial charge in [-0.3, -0.25) is 4.79 Å². The fraction of sp³-hybridized carbons (Fsp3) is 0.333. The summed E-state index contributed by atoms with van der Waals surface area (Å²) in [4.78, 5) is 25.8. The third-order valence-electron chi connectivity index (χ3n) is 4.40. The summed E-state index contributed by atoms with van der Waals surface area (Å²) in [5.74, 6) is -0.209. The second-order valence-corrected chi connectivity index (χ2v) is 6.58. The molecule has 0 aliphatic heterocycles. The van der Waals surface area contributed by atoms with Gasteiger partial charge in [0.15, 0.2) is 0 Å². The maximum atomic E-state index is 12.2. The molecule has 0 aliphatic carbocycles. The minimum Gasteiger partial charge on any atom is -0.338 e. The molecule has 2 aromatic carbocycles. The molecule has 0 saturated heterocycles. The number of hydrogen-bond donors (Lipinski definition) is 2. The van der Waals surface area contributed by atoms with E-state index < -0.39 is 0 Å². The molecule has 0 aromatic heterocycles. The van der Waals surface area contributed by atoms with Gasteiger partial charge in [0.05, 0.1) is 0 Å². The Kier molecular flexibility index (Phi) is 6.78. The predicted octanol–water partition coefficient (Wildman–Crippen LogP) is 3.43. The summed E-state index contributed by atoms with van der Waals surface area (Å²) in [6, 6.07) is 13.7. The van der Waals surface area contributed by atoms with E-state index in [0.717, 1.165) is 23.2 Å². The van der Waals surface area contributed by atoms with E-state index in [1.54, 1.807) is 7.05 Å². The van der Waals surface area contributed by atoms with E-state index in [0.29, 0.717) is 6.54 Å². The van der Waals surface area contributed by atoms with Gasteiger partial charge in [0.2, 0.25) is 5.91 Å². The summed E-state index contributed by atoms with van der Waals surface area (Å²) < 4.78 is 0. The van der Waals surface area contributed by atoms with Gasteiger partial charge in [-0.25, -0.2) is 4.79 Å². The van der Waals surface area contributed by atoms with E-state index in [1.165, 1.54) is 16.0 Å². The molecule has 26 heavy (non-hydrogen) atoms. The minimum atomic E-state index is -0.254. The summed E-state index contributed by atoms with van der Waals surface area (Å²) in [5.41, 5.74) is 5.24. The van der Waals surface area contributed by atoms with Gasteiger partial charge in [-0.15, -0.1) is 0 Å².